The van der Waals surface area contributed by atoms with Crippen LogP contribution in [0.3, 0.4) is 0 Å². The van der Waals surface area contributed by atoms with E-state index in [1.54, 1.807) is 30.3 Å². The molecule has 1 aromatic rings. The Morgan fingerprint density at radius 1 is 0.774 bits per heavy atom. The molecule has 1 saturated heterocycles. The molecule has 0 spiro atoms. The Balaban J connectivity index is 0.00000480. The van der Waals surface area contributed by atoms with Crippen molar-refractivity contribution in [3.63, 3.8) is 0 Å². The summed E-state index contributed by atoms with van der Waals surface area (Å²) >= 11 is 0. The van der Waals surface area contributed by atoms with Crippen LogP contribution in [0.4, 0.5) is 0 Å². The third-order valence-corrected chi connectivity index (χ3v) is 3.94. The molecule has 11 heteroatoms. The zero-order chi connectivity index (χ0) is 22.3. The molecule has 31 heavy (non-hydrogen) atoms. The van der Waals surface area contributed by atoms with Crippen molar-refractivity contribution in [2.45, 2.75) is 58.4 Å². The average Bonchev–Trinajstić information content (AvgIpc) is 2.64. The lowest BCUT2D eigenvalue weighted by Gasteiger charge is -2.43. The minimum absolute atomic E-state index is 0. The van der Waals surface area contributed by atoms with Crippen LogP contribution < -0.4 is 4.74 Å². The minimum Gasteiger partial charge on any atom is -0.463 e. The van der Waals surface area contributed by atoms with Gasteiger partial charge in [-0.3, -0.25) is 19.2 Å². The lowest BCUT2D eigenvalue weighted by atomic mass is 9.98. The molecule has 0 radical (unpaired) electrons. The van der Waals surface area contributed by atoms with Crippen LogP contribution in [-0.4, -0.2) is 66.7 Å². The lowest BCUT2D eigenvalue weighted by molar-refractivity contribution is -0.288. The standard InChI is InChI=1S/C20H24O10.H2O/c1-11(21)25-10-16-17(26-12(2)22)18(27-13(3)23)19(28-14(4)24)20(30-16)29-15-8-6-5-7-9-15;/h5-9,16-20H,10H2,1-4H3;1H2/t16-,17+,18+,19-,20-;/m1./s1. The van der Waals surface area contributed by atoms with Crippen LogP contribution in [0, 0.1) is 0 Å². The minimum atomic E-state index is -1.27. The van der Waals surface area contributed by atoms with Crippen LogP contribution in [0.25, 0.3) is 0 Å². The van der Waals surface area contributed by atoms with Gasteiger partial charge in [0.1, 0.15) is 18.5 Å². The summed E-state index contributed by atoms with van der Waals surface area (Å²) in [6.45, 7) is 4.36. The molecule has 1 aliphatic rings. The maximum Gasteiger partial charge on any atom is 0.303 e. The molecule has 0 unspecified atom stereocenters. The van der Waals surface area contributed by atoms with Crippen LogP contribution in [-0.2, 0) is 42.9 Å². The summed E-state index contributed by atoms with van der Waals surface area (Å²) < 4.78 is 32.6. The van der Waals surface area contributed by atoms with Crippen LogP contribution >= 0.6 is 0 Å². The third-order valence-electron chi connectivity index (χ3n) is 3.94. The summed E-state index contributed by atoms with van der Waals surface area (Å²) in [5.74, 6) is -2.30. The summed E-state index contributed by atoms with van der Waals surface area (Å²) in [7, 11) is 0. The van der Waals surface area contributed by atoms with Crippen molar-refractivity contribution in [3.8, 4) is 5.75 Å². The number of benzene rings is 1. The molecule has 1 heterocycles. The van der Waals surface area contributed by atoms with Gasteiger partial charge >= 0.3 is 23.9 Å². The van der Waals surface area contributed by atoms with Gasteiger partial charge in [0.2, 0.25) is 12.4 Å². The molecule has 0 bridgehead atoms. The fourth-order valence-corrected chi connectivity index (χ4v) is 2.92. The van der Waals surface area contributed by atoms with Crippen LogP contribution in [0.5, 0.6) is 5.75 Å². The summed E-state index contributed by atoms with van der Waals surface area (Å²) in [6, 6.07) is 8.52. The van der Waals surface area contributed by atoms with Gasteiger partial charge in [-0.1, -0.05) is 18.2 Å². The van der Waals surface area contributed by atoms with Gasteiger partial charge in [0.05, 0.1) is 0 Å². The van der Waals surface area contributed by atoms with Crippen molar-refractivity contribution in [2.75, 3.05) is 6.61 Å². The van der Waals surface area contributed by atoms with Gasteiger partial charge in [-0.05, 0) is 12.1 Å². The normalized spacial score (nSPS) is 24.7. The van der Waals surface area contributed by atoms with E-state index in [4.69, 9.17) is 28.4 Å². The maximum atomic E-state index is 11.7. The first-order valence-electron chi connectivity index (χ1n) is 9.19. The van der Waals surface area contributed by atoms with Gasteiger partial charge in [0, 0.05) is 27.7 Å². The van der Waals surface area contributed by atoms with Crippen molar-refractivity contribution < 1.29 is 53.1 Å². The van der Waals surface area contributed by atoms with E-state index in [9.17, 15) is 19.2 Å². The number of rotatable bonds is 7. The Hall–Kier alpha value is -3.18. The molecule has 5 atom stereocenters. The number of ether oxygens (including phenoxy) is 6. The SMILES string of the molecule is CC(=O)OC[C@H]1O[C@@H](Oc2ccccc2)[C@H](OC(C)=O)[C@@H](OC(C)=O)[C@H]1OC(C)=O.O. The first-order valence-corrected chi connectivity index (χ1v) is 9.19. The van der Waals surface area contributed by atoms with Crippen molar-refractivity contribution >= 4 is 23.9 Å². The van der Waals surface area contributed by atoms with E-state index >= 15 is 0 Å². The quantitative estimate of drug-likeness (QED) is 0.426. The first-order chi connectivity index (χ1) is 14.2. The molecule has 0 saturated carbocycles. The van der Waals surface area contributed by atoms with Crippen molar-refractivity contribution in [2.24, 2.45) is 0 Å². The summed E-state index contributed by atoms with van der Waals surface area (Å²) in [4.78, 5) is 46.4. The molecule has 1 aromatic carbocycles. The van der Waals surface area contributed by atoms with Crippen molar-refractivity contribution in [1.29, 1.82) is 0 Å². The van der Waals surface area contributed by atoms with Crippen LogP contribution in [0.2, 0.25) is 0 Å². The van der Waals surface area contributed by atoms with Crippen molar-refractivity contribution in [3.05, 3.63) is 30.3 Å². The third kappa shape index (κ3) is 7.87. The molecular formula is C20H26O11. The predicted molar refractivity (Wildman–Crippen MR) is 103 cm³/mol. The molecule has 2 N–H and O–H groups in total. The highest BCUT2D eigenvalue weighted by Gasteiger charge is 2.53. The fourth-order valence-electron chi connectivity index (χ4n) is 2.92. The Kier molecular flexibility index (Phi) is 9.90. The first kappa shape index (κ1) is 25.9. The molecule has 0 aliphatic carbocycles. The Labute approximate surface area is 178 Å². The number of hydrogen-bond acceptors (Lipinski definition) is 10. The van der Waals surface area contributed by atoms with Crippen molar-refractivity contribution in [1.82, 2.24) is 0 Å². The summed E-state index contributed by atoms with van der Waals surface area (Å²) in [5.41, 5.74) is 0. The molecule has 0 amide bonds. The molecule has 2 rings (SSSR count). The highest BCUT2D eigenvalue weighted by molar-refractivity contribution is 5.68. The molecule has 1 aliphatic heterocycles. The Morgan fingerprint density at radius 2 is 1.29 bits per heavy atom. The maximum absolute atomic E-state index is 11.7. The largest absolute Gasteiger partial charge is 0.463 e. The molecule has 11 nitrogen and oxygen atoms in total. The van der Waals surface area contributed by atoms with E-state index in [0.717, 1.165) is 20.8 Å². The second-order valence-corrected chi connectivity index (χ2v) is 6.50. The molecule has 0 aromatic heterocycles. The monoisotopic (exact) mass is 442 g/mol. The van der Waals surface area contributed by atoms with Gasteiger partial charge in [0.15, 0.2) is 12.2 Å². The van der Waals surface area contributed by atoms with Crippen LogP contribution in [0.15, 0.2) is 30.3 Å². The summed E-state index contributed by atoms with van der Waals surface area (Å²) in [5, 5.41) is 0. The highest BCUT2D eigenvalue weighted by Crippen LogP contribution is 2.30. The number of carbonyl (C=O) groups excluding carboxylic acids is 4. The highest BCUT2D eigenvalue weighted by atomic mass is 16.7. The van der Waals surface area contributed by atoms with Crippen LogP contribution in [0.1, 0.15) is 27.7 Å². The zero-order valence-corrected chi connectivity index (χ0v) is 17.6. The summed E-state index contributed by atoms with van der Waals surface area (Å²) in [6.07, 6.45) is -6.04. The second kappa shape index (κ2) is 11.9. The van der Waals surface area contributed by atoms with E-state index < -0.39 is 54.6 Å². The molecule has 172 valence electrons. The topological polar surface area (TPSA) is 155 Å². The number of carbonyl (C=O) groups is 4. The smallest absolute Gasteiger partial charge is 0.303 e. The van der Waals surface area contributed by atoms with E-state index in [1.165, 1.54) is 6.92 Å². The average molecular weight is 442 g/mol. The second-order valence-electron chi connectivity index (χ2n) is 6.50. The van der Waals surface area contributed by atoms with Gasteiger partial charge in [-0.15, -0.1) is 0 Å². The lowest BCUT2D eigenvalue weighted by Crippen LogP contribution is -2.63. The van der Waals surface area contributed by atoms with E-state index in [-0.39, 0.29) is 12.1 Å². The fraction of sp³-hybridized carbons (Fsp3) is 0.500. The molecule has 1 fully saturated rings. The van der Waals surface area contributed by atoms with Gasteiger partial charge in [-0.2, -0.15) is 0 Å². The number of esters is 4. The van der Waals surface area contributed by atoms with Gasteiger partial charge in [-0.25, -0.2) is 0 Å². The van der Waals surface area contributed by atoms with Gasteiger partial charge < -0.3 is 33.9 Å². The Morgan fingerprint density at radius 3 is 1.81 bits per heavy atom. The van der Waals surface area contributed by atoms with E-state index in [1.807, 2.05) is 0 Å². The number of para-hydroxylation sites is 1. The number of hydrogen-bond donors (Lipinski definition) is 0. The Bertz CT molecular complexity index is 764. The zero-order valence-electron chi connectivity index (χ0n) is 17.6. The van der Waals surface area contributed by atoms with E-state index in [2.05, 4.69) is 0 Å². The molecular weight excluding hydrogens is 416 g/mol. The van der Waals surface area contributed by atoms with Gasteiger partial charge in [0.25, 0.3) is 0 Å². The van der Waals surface area contributed by atoms with E-state index in [0.29, 0.717) is 5.75 Å². The predicted octanol–water partition coefficient (Wildman–Crippen LogP) is 0.324.